The number of para-hydroxylation sites is 2. The average molecular weight is 483 g/mol. The fraction of sp³-hybridized carbons (Fsp3) is 0.200. The number of benzene rings is 3. The first kappa shape index (κ1) is 24.9. The summed E-state index contributed by atoms with van der Waals surface area (Å²) < 4.78 is 36.7. The molecule has 9 heteroatoms. The predicted octanol–water partition coefficient (Wildman–Crippen LogP) is 3.81. The number of carbonyl (C=O) groups excluding carboxylic acids is 2. The number of esters is 1. The molecule has 0 fully saturated rings. The van der Waals surface area contributed by atoms with Crippen LogP contribution in [0, 0.1) is 6.92 Å². The Balaban J connectivity index is 1.48. The lowest BCUT2D eigenvalue weighted by atomic mass is 10.1. The molecule has 0 atom stereocenters. The van der Waals surface area contributed by atoms with Gasteiger partial charge in [-0.15, -0.1) is 0 Å². The van der Waals surface area contributed by atoms with Crippen LogP contribution in [0.3, 0.4) is 0 Å². The normalized spacial score (nSPS) is 11.0. The molecule has 0 heterocycles. The lowest BCUT2D eigenvalue weighted by Crippen LogP contribution is -2.21. The van der Waals surface area contributed by atoms with E-state index in [1.807, 2.05) is 31.2 Å². The van der Waals surface area contributed by atoms with Gasteiger partial charge in [-0.1, -0.05) is 42.0 Å². The van der Waals surface area contributed by atoms with Gasteiger partial charge >= 0.3 is 5.97 Å². The van der Waals surface area contributed by atoms with Crippen LogP contribution in [0.5, 0.6) is 11.5 Å². The van der Waals surface area contributed by atoms with Crippen molar-refractivity contribution in [2.75, 3.05) is 19.0 Å². The van der Waals surface area contributed by atoms with E-state index in [1.54, 1.807) is 36.4 Å². The van der Waals surface area contributed by atoms with Crippen LogP contribution in [0.25, 0.3) is 0 Å². The number of ether oxygens (including phenoxy) is 2. The Morgan fingerprint density at radius 1 is 0.912 bits per heavy atom. The first-order valence-corrected chi connectivity index (χ1v) is 12.1. The van der Waals surface area contributed by atoms with E-state index in [9.17, 15) is 18.0 Å². The van der Waals surface area contributed by atoms with Crippen LogP contribution in [0.4, 0.5) is 5.69 Å². The van der Waals surface area contributed by atoms with Crippen molar-refractivity contribution in [1.29, 1.82) is 0 Å². The molecule has 2 N–H and O–H groups in total. The van der Waals surface area contributed by atoms with Crippen LogP contribution in [-0.4, -0.2) is 33.9 Å². The van der Waals surface area contributed by atoms with Crippen LogP contribution in [0.15, 0.2) is 77.7 Å². The summed E-state index contributed by atoms with van der Waals surface area (Å²) in [6.07, 6.45) is 0.409. The van der Waals surface area contributed by atoms with E-state index in [0.717, 1.165) is 11.1 Å². The average Bonchev–Trinajstić information content (AvgIpc) is 2.84. The van der Waals surface area contributed by atoms with Gasteiger partial charge in [-0.25, -0.2) is 13.1 Å². The Morgan fingerprint density at radius 3 is 2.26 bits per heavy atom. The number of aryl methyl sites for hydroxylation is 2. The van der Waals surface area contributed by atoms with Gasteiger partial charge in [-0.05, 0) is 62.4 Å². The first-order chi connectivity index (χ1) is 16.3. The highest BCUT2D eigenvalue weighted by atomic mass is 32.2. The molecular weight excluding hydrogens is 456 g/mol. The second-order valence-electron chi connectivity index (χ2n) is 7.47. The van der Waals surface area contributed by atoms with Gasteiger partial charge in [0.1, 0.15) is 5.75 Å². The van der Waals surface area contributed by atoms with Gasteiger partial charge in [0.15, 0.2) is 12.4 Å². The minimum atomic E-state index is -3.51. The van der Waals surface area contributed by atoms with E-state index in [4.69, 9.17) is 9.47 Å². The second kappa shape index (κ2) is 11.4. The number of amides is 1. The Hall–Kier alpha value is -3.69. The molecule has 8 nitrogen and oxygen atoms in total. The molecule has 0 saturated carbocycles. The molecule has 1 amide bonds. The highest BCUT2D eigenvalue weighted by Gasteiger charge is 2.13. The third kappa shape index (κ3) is 7.16. The highest BCUT2D eigenvalue weighted by molar-refractivity contribution is 7.89. The fourth-order valence-corrected chi connectivity index (χ4v) is 3.73. The molecule has 0 saturated heterocycles. The van der Waals surface area contributed by atoms with E-state index >= 15 is 0 Å². The van der Waals surface area contributed by atoms with E-state index in [2.05, 4.69) is 10.0 Å². The van der Waals surface area contributed by atoms with Crippen molar-refractivity contribution in [2.24, 2.45) is 0 Å². The topological polar surface area (TPSA) is 111 Å². The summed E-state index contributed by atoms with van der Waals surface area (Å²) in [4.78, 5) is 24.5. The first-order valence-electron chi connectivity index (χ1n) is 10.6. The van der Waals surface area contributed by atoms with Crippen LogP contribution in [0.1, 0.15) is 17.5 Å². The van der Waals surface area contributed by atoms with Crippen molar-refractivity contribution in [1.82, 2.24) is 4.72 Å². The minimum Gasteiger partial charge on any atom is -0.456 e. The largest absolute Gasteiger partial charge is 0.456 e. The molecule has 0 aromatic heterocycles. The van der Waals surface area contributed by atoms with Crippen molar-refractivity contribution < 1.29 is 27.5 Å². The van der Waals surface area contributed by atoms with Crippen LogP contribution in [-0.2, 0) is 30.8 Å². The number of carbonyl (C=O) groups is 2. The van der Waals surface area contributed by atoms with Gasteiger partial charge in [0.2, 0.25) is 10.0 Å². The third-order valence-electron chi connectivity index (χ3n) is 4.89. The van der Waals surface area contributed by atoms with Gasteiger partial charge in [-0.3, -0.25) is 9.59 Å². The Morgan fingerprint density at radius 2 is 1.59 bits per heavy atom. The second-order valence-corrected chi connectivity index (χ2v) is 9.36. The maximum atomic E-state index is 12.3. The predicted molar refractivity (Wildman–Crippen MR) is 128 cm³/mol. The molecule has 3 rings (SSSR count). The van der Waals surface area contributed by atoms with E-state index in [-0.39, 0.29) is 11.3 Å². The molecule has 0 bridgehead atoms. The summed E-state index contributed by atoms with van der Waals surface area (Å²) in [5, 5.41) is 2.69. The van der Waals surface area contributed by atoms with Gasteiger partial charge in [-0.2, -0.15) is 0 Å². The smallest absolute Gasteiger partial charge is 0.306 e. The monoisotopic (exact) mass is 482 g/mol. The number of sulfonamides is 1. The summed E-state index contributed by atoms with van der Waals surface area (Å²) in [5.41, 5.74) is 2.34. The van der Waals surface area contributed by atoms with Crippen molar-refractivity contribution in [3.63, 3.8) is 0 Å². The zero-order chi connectivity index (χ0) is 24.6. The minimum absolute atomic E-state index is 0.0541. The van der Waals surface area contributed by atoms with E-state index in [0.29, 0.717) is 23.6 Å². The Kier molecular flexibility index (Phi) is 8.39. The number of anilines is 1. The van der Waals surface area contributed by atoms with E-state index in [1.165, 1.54) is 19.2 Å². The lowest BCUT2D eigenvalue weighted by Gasteiger charge is -2.12. The third-order valence-corrected chi connectivity index (χ3v) is 6.32. The number of hydrogen-bond acceptors (Lipinski definition) is 6. The van der Waals surface area contributed by atoms with E-state index < -0.39 is 28.5 Å². The maximum absolute atomic E-state index is 12.3. The van der Waals surface area contributed by atoms with Crippen molar-refractivity contribution in [3.05, 3.63) is 83.9 Å². The standard InChI is InChI=1S/C25H26N2O6S/c1-18-7-12-20(13-8-18)33-23-6-4-3-5-22(23)27-24(28)17-32-25(29)16-11-19-9-14-21(15-10-19)34(30,31)26-2/h3-10,12-15,26H,11,16-17H2,1-2H3,(H,27,28). The quantitative estimate of drug-likeness (QED) is 0.425. The fourth-order valence-electron chi connectivity index (χ4n) is 3.00. The van der Waals surface area contributed by atoms with Gasteiger partial charge in [0, 0.05) is 6.42 Å². The summed E-state index contributed by atoms with van der Waals surface area (Å²) in [5.74, 6) is 0.0753. The zero-order valence-electron chi connectivity index (χ0n) is 18.9. The van der Waals surface area contributed by atoms with Crippen LogP contribution < -0.4 is 14.8 Å². The summed E-state index contributed by atoms with van der Waals surface area (Å²) in [6, 6.07) is 20.7. The molecule has 0 aliphatic carbocycles. The molecule has 3 aromatic carbocycles. The molecule has 0 aliphatic rings. The molecule has 0 aliphatic heterocycles. The molecule has 0 unspecified atom stereocenters. The lowest BCUT2D eigenvalue weighted by molar-refractivity contribution is -0.147. The number of rotatable bonds is 10. The van der Waals surface area contributed by atoms with Crippen molar-refractivity contribution in [2.45, 2.75) is 24.7 Å². The molecule has 178 valence electrons. The summed E-state index contributed by atoms with van der Waals surface area (Å²) in [6.45, 7) is 1.55. The molecular formula is C25H26N2O6S. The number of nitrogens with one attached hydrogen (secondary N) is 2. The zero-order valence-corrected chi connectivity index (χ0v) is 19.7. The van der Waals surface area contributed by atoms with Crippen molar-refractivity contribution in [3.8, 4) is 11.5 Å². The molecule has 3 aromatic rings. The van der Waals surface area contributed by atoms with Crippen LogP contribution in [0.2, 0.25) is 0 Å². The Bertz CT molecular complexity index is 1240. The Labute approximate surface area is 199 Å². The highest BCUT2D eigenvalue weighted by Crippen LogP contribution is 2.29. The molecule has 0 spiro atoms. The summed E-state index contributed by atoms with van der Waals surface area (Å²) in [7, 11) is -2.17. The van der Waals surface area contributed by atoms with Gasteiger partial charge < -0.3 is 14.8 Å². The SMILES string of the molecule is CNS(=O)(=O)c1ccc(CCC(=O)OCC(=O)Nc2ccccc2Oc2ccc(C)cc2)cc1. The van der Waals surface area contributed by atoms with Gasteiger partial charge in [0.25, 0.3) is 5.91 Å². The molecule has 34 heavy (non-hydrogen) atoms. The van der Waals surface area contributed by atoms with Crippen molar-refractivity contribution >= 4 is 27.6 Å². The summed E-state index contributed by atoms with van der Waals surface area (Å²) >= 11 is 0. The van der Waals surface area contributed by atoms with Crippen LogP contribution >= 0.6 is 0 Å². The maximum Gasteiger partial charge on any atom is 0.306 e. The molecule has 0 radical (unpaired) electrons. The number of hydrogen-bond donors (Lipinski definition) is 2. The van der Waals surface area contributed by atoms with Gasteiger partial charge in [0.05, 0.1) is 10.6 Å².